The van der Waals surface area contributed by atoms with Gasteiger partial charge in [-0.3, -0.25) is 4.79 Å². The highest BCUT2D eigenvalue weighted by molar-refractivity contribution is 6.05. The third-order valence-electron chi connectivity index (χ3n) is 4.39. The summed E-state index contributed by atoms with van der Waals surface area (Å²) in [5, 5.41) is 10.6. The molecule has 1 amide bonds. The van der Waals surface area contributed by atoms with Crippen molar-refractivity contribution in [1.29, 1.82) is 0 Å². The first-order chi connectivity index (χ1) is 13.2. The molecule has 1 aliphatic heterocycles. The maximum atomic E-state index is 12.8. The number of fused-ring (bicyclic) bond motifs is 1. The first kappa shape index (κ1) is 16.8. The van der Waals surface area contributed by atoms with Crippen molar-refractivity contribution in [3.63, 3.8) is 0 Å². The first-order valence-corrected chi connectivity index (χ1v) is 8.57. The quantitative estimate of drug-likeness (QED) is 0.745. The van der Waals surface area contributed by atoms with E-state index in [1.807, 2.05) is 49.4 Å². The van der Waals surface area contributed by atoms with Gasteiger partial charge in [0.2, 0.25) is 5.95 Å². The van der Waals surface area contributed by atoms with Crippen LogP contribution in [0, 0.1) is 0 Å². The van der Waals surface area contributed by atoms with E-state index < -0.39 is 0 Å². The first-order valence-electron chi connectivity index (χ1n) is 8.57. The van der Waals surface area contributed by atoms with Gasteiger partial charge in [0.1, 0.15) is 5.75 Å². The third kappa shape index (κ3) is 3.27. The lowest BCUT2D eigenvalue weighted by Crippen LogP contribution is -2.26. The van der Waals surface area contributed by atoms with Gasteiger partial charge in [-0.15, -0.1) is 5.10 Å². The Bertz CT molecular complexity index is 1020. The van der Waals surface area contributed by atoms with E-state index in [0.717, 1.165) is 11.3 Å². The third-order valence-corrected chi connectivity index (χ3v) is 4.39. The lowest BCUT2D eigenvalue weighted by Gasteiger charge is -2.20. The number of hydrogen-bond donors (Lipinski definition) is 2. The molecule has 7 heteroatoms. The Kier molecular flexibility index (Phi) is 4.33. The number of aromatic nitrogens is 3. The fourth-order valence-electron chi connectivity index (χ4n) is 2.95. The smallest absolute Gasteiger partial charge is 0.255 e. The number of ether oxygens (including phenoxy) is 1. The predicted molar refractivity (Wildman–Crippen MR) is 103 cm³/mol. The van der Waals surface area contributed by atoms with Gasteiger partial charge in [-0.25, -0.2) is 4.68 Å². The van der Waals surface area contributed by atoms with Crippen LogP contribution in [-0.4, -0.2) is 27.8 Å². The summed E-state index contributed by atoms with van der Waals surface area (Å²) in [6, 6.07) is 17.1. The summed E-state index contributed by atoms with van der Waals surface area (Å²) < 4.78 is 7.00. The van der Waals surface area contributed by atoms with Gasteiger partial charge < -0.3 is 15.4 Å². The Morgan fingerprint density at radius 3 is 2.67 bits per heavy atom. The number of carbonyl (C=O) groups excluding carboxylic acids is 1. The fourth-order valence-corrected chi connectivity index (χ4v) is 2.95. The zero-order valence-electron chi connectivity index (χ0n) is 15.1. The topological polar surface area (TPSA) is 81.1 Å². The minimum atomic E-state index is -0.202. The van der Waals surface area contributed by atoms with Crippen LogP contribution >= 0.6 is 0 Å². The maximum absolute atomic E-state index is 12.8. The second kappa shape index (κ2) is 6.95. The van der Waals surface area contributed by atoms with Gasteiger partial charge in [-0.1, -0.05) is 42.5 Å². The molecule has 2 heterocycles. The number of carbonyl (C=O) groups is 1. The van der Waals surface area contributed by atoms with Crippen molar-refractivity contribution in [2.45, 2.75) is 13.5 Å². The Hall–Kier alpha value is -3.61. The molecule has 0 atom stereocenters. The van der Waals surface area contributed by atoms with E-state index in [9.17, 15) is 4.79 Å². The molecule has 7 nitrogen and oxygen atoms in total. The van der Waals surface area contributed by atoms with Gasteiger partial charge in [0.25, 0.3) is 5.91 Å². The van der Waals surface area contributed by atoms with Crippen LogP contribution in [0.4, 0.5) is 11.6 Å². The number of amides is 1. The molecular formula is C20H19N5O2. The van der Waals surface area contributed by atoms with Crippen LogP contribution in [0.1, 0.15) is 6.92 Å². The molecule has 0 saturated carbocycles. The summed E-state index contributed by atoms with van der Waals surface area (Å²) in [7, 11) is 1.57. The van der Waals surface area contributed by atoms with Crippen LogP contribution in [0.5, 0.6) is 5.75 Å². The van der Waals surface area contributed by atoms with Gasteiger partial charge in [-0.05, 0) is 19.1 Å². The van der Waals surface area contributed by atoms with Crippen LogP contribution in [-0.2, 0) is 11.3 Å². The minimum Gasteiger partial charge on any atom is -0.495 e. The maximum Gasteiger partial charge on any atom is 0.255 e. The molecule has 3 aromatic rings. The molecule has 0 fully saturated rings. The number of anilines is 2. The van der Waals surface area contributed by atoms with Gasteiger partial charge >= 0.3 is 0 Å². The average Bonchev–Trinajstić information content (AvgIpc) is 3.11. The summed E-state index contributed by atoms with van der Waals surface area (Å²) in [6.07, 6.45) is 0. The number of nitrogens with zero attached hydrogens (tertiary/aromatic N) is 3. The molecule has 0 aliphatic carbocycles. The number of para-hydroxylation sites is 2. The summed E-state index contributed by atoms with van der Waals surface area (Å²) in [5.41, 5.74) is 2.90. The van der Waals surface area contributed by atoms with Crippen molar-refractivity contribution in [1.82, 2.24) is 14.8 Å². The molecule has 1 aromatic heterocycles. The fraction of sp³-hybridized carbons (Fsp3) is 0.150. The number of nitrogens with one attached hydrogen (secondary N) is 2. The van der Waals surface area contributed by atoms with Crippen LogP contribution in [0.25, 0.3) is 11.4 Å². The Labute approximate surface area is 156 Å². The van der Waals surface area contributed by atoms with E-state index in [1.165, 1.54) is 0 Å². The molecule has 0 radical (unpaired) electrons. The monoisotopic (exact) mass is 361 g/mol. The lowest BCUT2D eigenvalue weighted by atomic mass is 10.1. The Balaban J connectivity index is 1.57. The average molecular weight is 361 g/mol. The van der Waals surface area contributed by atoms with E-state index >= 15 is 0 Å². The molecule has 1 aliphatic rings. The SMILES string of the molecule is COc1ccccc1NC(=O)C1=C(C)Nc2nc(-c3ccccc3)nn2C1. The molecule has 0 unspecified atom stereocenters. The number of methoxy groups -OCH3 is 1. The Morgan fingerprint density at radius 1 is 1.15 bits per heavy atom. The number of hydrogen-bond acceptors (Lipinski definition) is 5. The number of rotatable bonds is 4. The summed E-state index contributed by atoms with van der Waals surface area (Å²) in [6.45, 7) is 2.20. The zero-order chi connectivity index (χ0) is 18.8. The van der Waals surface area contributed by atoms with Crippen molar-refractivity contribution in [3.05, 3.63) is 65.9 Å². The predicted octanol–water partition coefficient (Wildman–Crippen LogP) is 3.29. The van der Waals surface area contributed by atoms with Crippen molar-refractivity contribution < 1.29 is 9.53 Å². The summed E-state index contributed by atoms with van der Waals surface area (Å²) in [5.74, 6) is 1.66. The van der Waals surface area contributed by atoms with Crippen molar-refractivity contribution in [2.75, 3.05) is 17.7 Å². The summed E-state index contributed by atoms with van der Waals surface area (Å²) >= 11 is 0. The van der Waals surface area contributed by atoms with E-state index in [1.54, 1.807) is 23.9 Å². The van der Waals surface area contributed by atoms with E-state index in [0.29, 0.717) is 35.3 Å². The van der Waals surface area contributed by atoms with E-state index in [-0.39, 0.29) is 5.91 Å². The second-order valence-corrected chi connectivity index (χ2v) is 6.17. The molecule has 2 N–H and O–H groups in total. The number of benzene rings is 2. The van der Waals surface area contributed by atoms with E-state index in [2.05, 4.69) is 20.7 Å². The van der Waals surface area contributed by atoms with Crippen molar-refractivity contribution >= 4 is 17.5 Å². The van der Waals surface area contributed by atoms with Crippen molar-refractivity contribution in [3.8, 4) is 17.1 Å². The molecule has 27 heavy (non-hydrogen) atoms. The molecule has 4 rings (SSSR count). The van der Waals surface area contributed by atoms with Gasteiger partial charge in [-0.2, -0.15) is 4.98 Å². The van der Waals surface area contributed by atoms with Gasteiger partial charge in [0, 0.05) is 11.3 Å². The van der Waals surface area contributed by atoms with Crippen LogP contribution in [0.15, 0.2) is 65.9 Å². The van der Waals surface area contributed by atoms with Gasteiger partial charge in [0.15, 0.2) is 5.82 Å². The largest absolute Gasteiger partial charge is 0.495 e. The van der Waals surface area contributed by atoms with E-state index in [4.69, 9.17) is 4.74 Å². The molecular weight excluding hydrogens is 342 g/mol. The van der Waals surface area contributed by atoms with Crippen LogP contribution < -0.4 is 15.4 Å². The van der Waals surface area contributed by atoms with Crippen LogP contribution in [0.2, 0.25) is 0 Å². The Morgan fingerprint density at radius 2 is 1.89 bits per heavy atom. The standard InChI is InChI=1S/C20H19N5O2/c1-13-15(19(26)22-16-10-6-7-11-17(16)27-2)12-25-20(21-13)23-18(24-25)14-8-4-3-5-9-14/h3-11H,12H2,1-2H3,(H,22,26)(H,21,23,24). The second-order valence-electron chi connectivity index (χ2n) is 6.17. The highest BCUT2D eigenvalue weighted by Gasteiger charge is 2.24. The highest BCUT2D eigenvalue weighted by Crippen LogP contribution is 2.27. The zero-order valence-corrected chi connectivity index (χ0v) is 15.1. The molecule has 0 saturated heterocycles. The molecule has 136 valence electrons. The molecule has 2 aromatic carbocycles. The van der Waals surface area contributed by atoms with Gasteiger partial charge in [0.05, 0.1) is 24.9 Å². The molecule has 0 bridgehead atoms. The summed E-state index contributed by atoms with van der Waals surface area (Å²) in [4.78, 5) is 17.3. The molecule has 0 spiro atoms. The highest BCUT2D eigenvalue weighted by atomic mass is 16.5. The van der Waals surface area contributed by atoms with Crippen LogP contribution in [0.3, 0.4) is 0 Å². The minimum absolute atomic E-state index is 0.202. The number of allylic oxidation sites excluding steroid dienone is 1. The van der Waals surface area contributed by atoms with Crippen molar-refractivity contribution in [2.24, 2.45) is 0 Å². The normalized spacial score (nSPS) is 13.0. The lowest BCUT2D eigenvalue weighted by molar-refractivity contribution is -0.113.